The Morgan fingerprint density at radius 3 is 2.69 bits per heavy atom. The van der Waals surface area contributed by atoms with Crippen molar-refractivity contribution >= 4 is 22.0 Å². The molecule has 0 bridgehead atoms. The highest BCUT2D eigenvalue weighted by molar-refractivity contribution is 9.10. The molecule has 1 nitrogen and oxygen atoms in total. The first-order chi connectivity index (χ1) is 7.38. The molecule has 16 heavy (non-hydrogen) atoms. The van der Waals surface area contributed by atoms with Crippen LogP contribution < -0.4 is 5.32 Å². The van der Waals surface area contributed by atoms with Crippen molar-refractivity contribution in [1.82, 2.24) is 5.32 Å². The third-order valence-corrected chi connectivity index (χ3v) is 2.50. The molecule has 3 heteroatoms. The molecule has 0 atom stereocenters. The lowest BCUT2D eigenvalue weighted by Gasteiger charge is -2.18. The molecule has 0 aliphatic carbocycles. The van der Waals surface area contributed by atoms with Gasteiger partial charge in [0, 0.05) is 22.1 Å². The predicted molar refractivity (Wildman–Crippen MR) is 70.9 cm³/mol. The maximum Gasteiger partial charge on any atom is 0.130 e. The highest BCUT2D eigenvalue weighted by atomic mass is 79.9. The van der Waals surface area contributed by atoms with Crippen molar-refractivity contribution < 1.29 is 4.39 Å². The summed E-state index contributed by atoms with van der Waals surface area (Å²) in [5.41, 5.74) is 0.685. The molecule has 0 aromatic heterocycles. The van der Waals surface area contributed by atoms with E-state index in [4.69, 9.17) is 0 Å². The molecule has 88 valence electrons. The second-order valence-corrected chi connectivity index (χ2v) is 5.61. The van der Waals surface area contributed by atoms with Crippen LogP contribution in [0, 0.1) is 5.82 Å². The monoisotopic (exact) mass is 285 g/mol. The molecule has 0 saturated heterocycles. The first-order valence-electron chi connectivity index (χ1n) is 5.25. The van der Waals surface area contributed by atoms with E-state index in [1.807, 2.05) is 6.08 Å². The molecule has 0 aliphatic rings. The van der Waals surface area contributed by atoms with Gasteiger partial charge < -0.3 is 5.32 Å². The summed E-state index contributed by atoms with van der Waals surface area (Å²) in [6.45, 7) is 7.02. The number of hydrogen-bond acceptors (Lipinski definition) is 1. The van der Waals surface area contributed by atoms with E-state index >= 15 is 0 Å². The molecular weight excluding hydrogens is 269 g/mol. The summed E-state index contributed by atoms with van der Waals surface area (Å²) in [7, 11) is 0. The Labute approximate surface area is 105 Å². The third-order valence-electron chi connectivity index (χ3n) is 2.01. The van der Waals surface area contributed by atoms with Crippen LogP contribution in [0.25, 0.3) is 6.08 Å². The van der Waals surface area contributed by atoms with Crippen molar-refractivity contribution in [2.24, 2.45) is 0 Å². The molecule has 0 saturated carbocycles. The topological polar surface area (TPSA) is 12.0 Å². The minimum absolute atomic E-state index is 0.0835. The maximum absolute atomic E-state index is 13.3. The number of halogens is 2. The van der Waals surface area contributed by atoms with Crippen LogP contribution in [0.5, 0.6) is 0 Å². The first kappa shape index (κ1) is 13.4. The number of rotatable bonds is 3. The van der Waals surface area contributed by atoms with Crippen molar-refractivity contribution in [3.8, 4) is 0 Å². The van der Waals surface area contributed by atoms with Crippen LogP contribution in [0.1, 0.15) is 26.3 Å². The van der Waals surface area contributed by atoms with Crippen molar-refractivity contribution in [3.63, 3.8) is 0 Å². The number of hydrogen-bond donors (Lipinski definition) is 1. The minimum Gasteiger partial charge on any atom is -0.309 e. The zero-order valence-corrected chi connectivity index (χ0v) is 11.4. The lowest BCUT2D eigenvalue weighted by Crippen LogP contribution is -2.35. The van der Waals surface area contributed by atoms with Crippen LogP contribution in [-0.2, 0) is 0 Å². The van der Waals surface area contributed by atoms with Gasteiger partial charge in [0.05, 0.1) is 0 Å². The molecule has 0 aliphatic heterocycles. The fourth-order valence-electron chi connectivity index (χ4n) is 1.19. The fourth-order valence-corrected chi connectivity index (χ4v) is 1.57. The van der Waals surface area contributed by atoms with Crippen molar-refractivity contribution in [3.05, 3.63) is 40.1 Å². The molecule has 0 radical (unpaired) electrons. The average molecular weight is 286 g/mol. The van der Waals surface area contributed by atoms with E-state index in [-0.39, 0.29) is 11.4 Å². The second kappa shape index (κ2) is 5.60. The van der Waals surface area contributed by atoms with Gasteiger partial charge in [0.15, 0.2) is 0 Å². The van der Waals surface area contributed by atoms with E-state index in [0.29, 0.717) is 5.56 Å². The predicted octanol–water partition coefficient (Wildman–Crippen LogP) is 3.99. The quantitative estimate of drug-likeness (QED) is 0.886. The van der Waals surface area contributed by atoms with E-state index in [1.54, 1.807) is 18.2 Å². The summed E-state index contributed by atoms with van der Waals surface area (Å²) in [6.07, 6.45) is 3.72. The van der Waals surface area contributed by atoms with Crippen LogP contribution in [0.3, 0.4) is 0 Å². The average Bonchev–Trinajstić information content (AvgIpc) is 2.16. The van der Waals surface area contributed by atoms with Crippen LogP contribution in [-0.4, -0.2) is 12.1 Å². The molecule has 0 spiro atoms. The van der Waals surface area contributed by atoms with E-state index in [2.05, 4.69) is 42.0 Å². The van der Waals surface area contributed by atoms with Crippen molar-refractivity contribution in [2.45, 2.75) is 26.3 Å². The summed E-state index contributed by atoms with van der Waals surface area (Å²) in [4.78, 5) is 0. The smallest absolute Gasteiger partial charge is 0.130 e. The number of benzene rings is 1. The highest BCUT2D eigenvalue weighted by Gasteiger charge is 2.06. The van der Waals surface area contributed by atoms with E-state index < -0.39 is 0 Å². The molecule has 1 aromatic carbocycles. The normalized spacial score (nSPS) is 12.3. The zero-order chi connectivity index (χ0) is 12.2. The van der Waals surface area contributed by atoms with Gasteiger partial charge in [0.25, 0.3) is 0 Å². The zero-order valence-electron chi connectivity index (χ0n) is 9.85. The molecule has 0 unspecified atom stereocenters. The summed E-state index contributed by atoms with van der Waals surface area (Å²) in [5.74, 6) is -0.199. The first-order valence-corrected chi connectivity index (χ1v) is 6.04. The van der Waals surface area contributed by atoms with Gasteiger partial charge in [-0.2, -0.15) is 0 Å². The van der Waals surface area contributed by atoms with Gasteiger partial charge in [-0.15, -0.1) is 0 Å². The Morgan fingerprint density at radius 1 is 1.38 bits per heavy atom. The fraction of sp³-hybridized carbons (Fsp3) is 0.385. The lowest BCUT2D eigenvalue weighted by molar-refractivity contribution is 0.450. The van der Waals surface area contributed by atoms with Crippen LogP contribution in [0.15, 0.2) is 28.7 Å². The van der Waals surface area contributed by atoms with Gasteiger partial charge in [-0.1, -0.05) is 28.1 Å². The van der Waals surface area contributed by atoms with E-state index in [0.717, 1.165) is 11.0 Å². The van der Waals surface area contributed by atoms with Crippen molar-refractivity contribution in [2.75, 3.05) is 6.54 Å². The van der Waals surface area contributed by atoms with Gasteiger partial charge >= 0.3 is 0 Å². The SMILES string of the molecule is CC(C)(C)NCC=Cc1cc(Br)ccc1F. The Bertz CT molecular complexity index is 380. The number of nitrogens with one attached hydrogen (secondary N) is 1. The summed E-state index contributed by atoms with van der Waals surface area (Å²) < 4.78 is 14.2. The summed E-state index contributed by atoms with van der Waals surface area (Å²) in [5, 5.41) is 3.31. The van der Waals surface area contributed by atoms with Crippen LogP contribution in [0.4, 0.5) is 4.39 Å². The van der Waals surface area contributed by atoms with Gasteiger partial charge in [-0.05, 0) is 39.0 Å². The second-order valence-electron chi connectivity index (χ2n) is 4.70. The lowest BCUT2D eigenvalue weighted by atomic mass is 10.1. The van der Waals surface area contributed by atoms with Crippen LogP contribution >= 0.6 is 15.9 Å². The molecule has 1 aromatic rings. The van der Waals surface area contributed by atoms with Gasteiger partial charge in [0.1, 0.15) is 5.82 Å². The molecule has 1 N–H and O–H groups in total. The standard InChI is InChI=1S/C13H17BrFN/c1-13(2,3)16-8-4-5-10-9-11(14)6-7-12(10)15/h4-7,9,16H,8H2,1-3H3. The molecular formula is C13H17BrFN. The molecule has 0 amide bonds. The third kappa shape index (κ3) is 4.90. The Morgan fingerprint density at radius 2 is 2.06 bits per heavy atom. The van der Waals surface area contributed by atoms with Gasteiger partial charge in [0.2, 0.25) is 0 Å². The maximum atomic E-state index is 13.3. The Balaban J connectivity index is 2.59. The molecule has 0 fully saturated rings. The highest BCUT2D eigenvalue weighted by Crippen LogP contribution is 2.16. The minimum atomic E-state index is -0.199. The van der Waals surface area contributed by atoms with Gasteiger partial charge in [-0.3, -0.25) is 0 Å². The van der Waals surface area contributed by atoms with E-state index in [1.165, 1.54) is 6.07 Å². The Kier molecular flexibility index (Phi) is 4.69. The van der Waals surface area contributed by atoms with Gasteiger partial charge in [-0.25, -0.2) is 4.39 Å². The largest absolute Gasteiger partial charge is 0.309 e. The molecule has 0 heterocycles. The van der Waals surface area contributed by atoms with Crippen molar-refractivity contribution in [1.29, 1.82) is 0 Å². The van der Waals surface area contributed by atoms with Crippen LogP contribution in [0.2, 0.25) is 0 Å². The summed E-state index contributed by atoms with van der Waals surface area (Å²) >= 11 is 3.32. The Hall–Kier alpha value is -0.670. The van der Waals surface area contributed by atoms with E-state index in [9.17, 15) is 4.39 Å². The molecule has 1 rings (SSSR count). The summed E-state index contributed by atoms with van der Waals surface area (Å²) in [6, 6.07) is 4.92.